The highest BCUT2D eigenvalue weighted by Crippen LogP contribution is 2.48. The van der Waals surface area contributed by atoms with Gasteiger partial charge in [-0.2, -0.15) is 0 Å². The Hall–Kier alpha value is -2.41. The number of aromatic nitrogens is 1. The molecule has 1 saturated carbocycles. The first-order chi connectivity index (χ1) is 12.5. The summed E-state index contributed by atoms with van der Waals surface area (Å²) in [7, 11) is 0. The Labute approximate surface area is 155 Å². The summed E-state index contributed by atoms with van der Waals surface area (Å²) in [5.41, 5.74) is 1.97. The van der Waals surface area contributed by atoms with Gasteiger partial charge in [-0.05, 0) is 49.9 Å². The van der Waals surface area contributed by atoms with E-state index < -0.39 is 11.4 Å². The molecule has 2 aliphatic rings. The van der Waals surface area contributed by atoms with Crippen LogP contribution in [0, 0.1) is 18.3 Å². The molecule has 2 atom stereocenters. The van der Waals surface area contributed by atoms with Gasteiger partial charge in [0.25, 0.3) is 0 Å². The summed E-state index contributed by atoms with van der Waals surface area (Å²) in [5, 5.41) is 15.5. The van der Waals surface area contributed by atoms with Crippen molar-refractivity contribution in [2.75, 3.05) is 18.4 Å². The van der Waals surface area contributed by atoms with Crippen LogP contribution >= 0.6 is 11.3 Å². The van der Waals surface area contributed by atoms with Crippen molar-refractivity contribution < 1.29 is 14.7 Å². The van der Waals surface area contributed by atoms with E-state index in [2.05, 4.69) is 10.3 Å². The maximum Gasteiger partial charge on any atom is 0.321 e. The first-order valence-corrected chi connectivity index (χ1v) is 9.68. The topological polar surface area (TPSA) is 82.5 Å². The molecule has 2 aromatic rings. The third kappa shape index (κ3) is 2.86. The van der Waals surface area contributed by atoms with Crippen LogP contribution in [0.25, 0.3) is 10.6 Å². The maximum atomic E-state index is 12.6. The zero-order valence-corrected chi connectivity index (χ0v) is 15.4. The van der Waals surface area contributed by atoms with Crippen LogP contribution in [0.5, 0.6) is 0 Å². The third-order valence-corrected chi connectivity index (χ3v) is 6.60. The van der Waals surface area contributed by atoms with E-state index in [1.165, 1.54) is 0 Å². The van der Waals surface area contributed by atoms with Gasteiger partial charge in [0.05, 0.1) is 5.41 Å². The highest BCUT2D eigenvalue weighted by atomic mass is 32.1. The van der Waals surface area contributed by atoms with Crippen LogP contribution in [-0.4, -0.2) is 40.1 Å². The number of carboxylic acids is 1. The Bertz CT molecular complexity index is 848. The van der Waals surface area contributed by atoms with Crippen molar-refractivity contribution in [3.63, 3.8) is 0 Å². The SMILES string of the molecule is Cc1csc(-c2ccc(NC(=O)N3C[C@@H]4CCC[C@@]4(C(=O)O)C3)cc2)n1. The lowest BCUT2D eigenvalue weighted by molar-refractivity contribution is -0.149. The standard InChI is InChI=1S/C19H21N3O3S/c1-12-10-26-16(20-12)13-4-6-15(7-5-13)21-18(25)22-9-14-3-2-8-19(14,11-22)17(23)24/h4-7,10,14H,2-3,8-9,11H2,1H3,(H,21,25)(H,23,24)/t14-,19+/m0/s1. The van der Waals surface area contributed by atoms with Crippen LogP contribution in [0.4, 0.5) is 10.5 Å². The molecule has 1 aromatic heterocycles. The molecule has 7 heteroatoms. The van der Waals surface area contributed by atoms with Gasteiger partial charge >= 0.3 is 12.0 Å². The number of anilines is 1. The van der Waals surface area contributed by atoms with Crippen molar-refractivity contribution in [2.24, 2.45) is 11.3 Å². The van der Waals surface area contributed by atoms with Gasteiger partial charge in [-0.1, -0.05) is 6.42 Å². The van der Waals surface area contributed by atoms with E-state index in [1.54, 1.807) is 16.2 Å². The fourth-order valence-electron chi connectivity index (χ4n) is 4.18. The number of benzene rings is 1. The molecule has 2 fully saturated rings. The van der Waals surface area contributed by atoms with Crippen molar-refractivity contribution in [2.45, 2.75) is 26.2 Å². The molecule has 6 nitrogen and oxygen atoms in total. The molecule has 1 aliphatic heterocycles. The predicted octanol–water partition coefficient (Wildman–Crippen LogP) is 3.84. The fraction of sp³-hybridized carbons (Fsp3) is 0.421. The molecule has 0 bridgehead atoms. The van der Waals surface area contributed by atoms with Crippen LogP contribution in [0.2, 0.25) is 0 Å². The average molecular weight is 371 g/mol. The van der Waals surface area contributed by atoms with Crippen LogP contribution < -0.4 is 5.32 Å². The number of amides is 2. The second-order valence-corrected chi connectivity index (χ2v) is 8.09. The summed E-state index contributed by atoms with van der Waals surface area (Å²) in [5.74, 6) is -0.695. The van der Waals surface area contributed by atoms with Crippen molar-refractivity contribution in [3.05, 3.63) is 35.3 Å². The summed E-state index contributed by atoms with van der Waals surface area (Å²) in [4.78, 5) is 30.4. The number of fused-ring (bicyclic) bond motifs is 1. The number of hydrogen-bond acceptors (Lipinski definition) is 4. The van der Waals surface area contributed by atoms with Gasteiger partial charge in [-0.25, -0.2) is 9.78 Å². The van der Waals surface area contributed by atoms with Crippen LogP contribution in [0.1, 0.15) is 25.0 Å². The predicted molar refractivity (Wildman–Crippen MR) is 100 cm³/mol. The Morgan fingerprint density at radius 1 is 1.35 bits per heavy atom. The number of urea groups is 1. The highest BCUT2D eigenvalue weighted by molar-refractivity contribution is 7.13. The first kappa shape index (κ1) is 17.0. The van der Waals surface area contributed by atoms with Crippen molar-refractivity contribution >= 4 is 29.0 Å². The van der Waals surface area contributed by atoms with Gasteiger partial charge in [0, 0.05) is 35.4 Å². The van der Waals surface area contributed by atoms with Gasteiger partial charge in [0.15, 0.2) is 0 Å². The Morgan fingerprint density at radius 2 is 2.12 bits per heavy atom. The summed E-state index contributed by atoms with van der Waals surface area (Å²) >= 11 is 1.59. The van der Waals surface area contributed by atoms with E-state index in [0.29, 0.717) is 25.2 Å². The summed E-state index contributed by atoms with van der Waals surface area (Å²) in [6.45, 7) is 2.79. The second-order valence-electron chi connectivity index (χ2n) is 7.23. The van der Waals surface area contributed by atoms with Crippen LogP contribution in [-0.2, 0) is 4.79 Å². The van der Waals surface area contributed by atoms with E-state index in [1.807, 2.05) is 36.6 Å². The average Bonchev–Trinajstić information content (AvgIpc) is 3.29. The van der Waals surface area contributed by atoms with Crippen molar-refractivity contribution in [1.29, 1.82) is 0 Å². The number of aliphatic carboxylic acids is 1. The second kappa shape index (κ2) is 6.39. The summed E-state index contributed by atoms with van der Waals surface area (Å²) in [6, 6.07) is 7.36. The van der Waals surface area contributed by atoms with Gasteiger partial charge in [-0.3, -0.25) is 4.79 Å². The molecule has 1 saturated heterocycles. The highest BCUT2D eigenvalue weighted by Gasteiger charge is 2.55. The molecule has 1 aliphatic carbocycles. The van der Waals surface area contributed by atoms with Crippen LogP contribution in [0.3, 0.4) is 0 Å². The number of nitrogens with zero attached hydrogens (tertiary/aromatic N) is 2. The van der Waals surface area contributed by atoms with E-state index >= 15 is 0 Å². The molecule has 2 N–H and O–H groups in total. The number of thiazole rings is 1. The third-order valence-electron chi connectivity index (χ3n) is 5.59. The zero-order chi connectivity index (χ0) is 18.3. The molecule has 1 aromatic carbocycles. The van der Waals surface area contributed by atoms with E-state index in [0.717, 1.165) is 29.1 Å². The molecule has 2 heterocycles. The number of hydrogen-bond donors (Lipinski definition) is 2. The van der Waals surface area contributed by atoms with E-state index in [9.17, 15) is 14.7 Å². The Morgan fingerprint density at radius 3 is 2.73 bits per heavy atom. The minimum atomic E-state index is -0.765. The van der Waals surface area contributed by atoms with E-state index in [-0.39, 0.29) is 11.9 Å². The largest absolute Gasteiger partial charge is 0.481 e. The molecular weight excluding hydrogens is 350 g/mol. The minimum Gasteiger partial charge on any atom is -0.481 e. The monoisotopic (exact) mass is 371 g/mol. The molecule has 0 radical (unpaired) electrons. The summed E-state index contributed by atoms with van der Waals surface area (Å²) in [6.07, 6.45) is 2.49. The molecular formula is C19H21N3O3S. The summed E-state index contributed by atoms with van der Waals surface area (Å²) < 4.78 is 0. The minimum absolute atomic E-state index is 0.0706. The van der Waals surface area contributed by atoms with Gasteiger partial charge in [0.2, 0.25) is 0 Å². The molecule has 2 amide bonds. The van der Waals surface area contributed by atoms with E-state index in [4.69, 9.17) is 0 Å². The number of nitrogens with one attached hydrogen (secondary N) is 1. The fourth-order valence-corrected chi connectivity index (χ4v) is 4.98. The van der Waals surface area contributed by atoms with Crippen molar-refractivity contribution in [1.82, 2.24) is 9.88 Å². The number of aryl methyl sites for hydroxylation is 1. The Balaban J connectivity index is 1.43. The molecule has 0 spiro atoms. The lowest BCUT2D eigenvalue weighted by Gasteiger charge is -2.23. The number of rotatable bonds is 3. The number of likely N-dealkylation sites (tertiary alicyclic amines) is 1. The number of carbonyl (C=O) groups is 2. The Kier molecular flexibility index (Phi) is 4.19. The normalized spacial score (nSPS) is 24.5. The lowest BCUT2D eigenvalue weighted by Crippen LogP contribution is -2.38. The smallest absolute Gasteiger partial charge is 0.321 e. The zero-order valence-electron chi connectivity index (χ0n) is 14.6. The van der Waals surface area contributed by atoms with Crippen LogP contribution in [0.15, 0.2) is 29.6 Å². The van der Waals surface area contributed by atoms with Gasteiger partial charge in [-0.15, -0.1) is 11.3 Å². The number of carboxylic acid groups (broad SMARTS) is 1. The molecule has 26 heavy (non-hydrogen) atoms. The molecule has 4 rings (SSSR count). The van der Waals surface area contributed by atoms with Gasteiger partial charge in [0.1, 0.15) is 5.01 Å². The maximum absolute atomic E-state index is 12.6. The van der Waals surface area contributed by atoms with Crippen molar-refractivity contribution in [3.8, 4) is 10.6 Å². The number of carbonyl (C=O) groups excluding carboxylic acids is 1. The molecule has 136 valence electrons. The van der Waals surface area contributed by atoms with Gasteiger partial charge < -0.3 is 15.3 Å². The lowest BCUT2D eigenvalue weighted by atomic mass is 9.81. The molecule has 0 unspecified atom stereocenters. The first-order valence-electron chi connectivity index (χ1n) is 8.80. The quantitative estimate of drug-likeness (QED) is 0.859.